The minimum atomic E-state index is -0.810. The van der Waals surface area contributed by atoms with Gasteiger partial charge in [0.1, 0.15) is 6.04 Å². The first-order valence-electron chi connectivity index (χ1n) is 9.00. The third-order valence-electron chi connectivity index (χ3n) is 5.65. The van der Waals surface area contributed by atoms with Gasteiger partial charge < -0.3 is 4.74 Å². The zero-order valence-corrected chi connectivity index (χ0v) is 18.1. The highest BCUT2D eigenvalue weighted by molar-refractivity contribution is 9.12. The fourth-order valence-corrected chi connectivity index (χ4v) is 6.62. The molecule has 0 N–H and O–H groups in total. The van der Waals surface area contributed by atoms with E-state index in [0.717, 1.165) is 6.42 Å². The molecule has 5 nitrogen and oxygen atoms in total. The van der Waals surface area contributed by atoms with Crippen LogP contribution in [-0.4, -0.2) is 44.5 Å². The van der Waals surface area contributed by atoms with Crippen molar-refractivity contribution >= 4 is 49.6 Å². The van der Waals surface area contributed by atoms with Crippen LogP contribution in [-0.2, 0) is 19.1 Å². The van der Waals surface area contributed by atoms with Crippen molar-refractivity contribution in [2.24, 2.45) is 29.6 Å². The third kappa shape index (κ3) is 3.09. The molecule has 1 saturated heterocycles. The summed E-state index contributed by atoms with van der Waals surface area (Å²) < 4.78 is 5.35. The largest absolute Gasteiger partial charge is 0.461 e. The van der Waals surface area contributed by atoms with E-state index in [9.17, 15) is 14.4 Å². The van der Waals surface area contributed by atoms with Gasteiger partial charge in [-0.25, -0.2) is 4.79 Å². The summed E-state index contributed by atoms with van der Waals surface area (Å²) in [6.45, 7) is 7.51. The molecule has 0 unspecified atom stereocenters. The van der Waals surface area contributed by atoms with Crippen LogP contribution in [0.25, 0.3) is 0 Å². The fraction of sp³-hybridized carbons (Fsp3) is 0.833. The Balaban J connectivity index is 1.89. The van der Waals surface area contributed by atoms with Crippen LogP contribution in [0.3, 0.4) is 0 Å². The molecule has 2 aliphatic carbocycles. The summed E-state index contributed by atoms with van der Waals surface area (Å²) in [6.07, 6.45) is 1.05. The molecule has 3 fully saturated rings. The van der Waals surface area contributed by atoms with Crippen molar-refractivity contribution in [1.82, 2.24) is 4.90 Å². The Morgan fingerprint density at radius 1 is 1.08 bits per heavy atom. The Morgan fingerprint density at radius 3 is 1.96 bits per heavy atom. The maximum absolute atomic E-state index is 13.1. The van der Waals surface area contributed by atoms with Crippen molar-refractivity contribution in [1.29, 1.82) is 0 Å². The average Bonchev–Trinajstić information content (AvgIpc) is 3.09. The van der Waals surface area contributed by atoms with Gasteiger partial charge in [-0.15, -0.1) is 0 Å². The van der Waals surface area contributed by atoms with Gasteiger partial charge in [0.05, 0.1) is 17.9 Å². The van der Waals surface area contributed by atoms with E-state index in [2.05, 4.69) is 31.9 Å². The lowest BCUT2D eigenvalue weighted by atomic mass is 9.81. The van der Waals surface area contributed by atoms with Crippen LogP contribution < -0.4 is 0 Å². The van der Waals surface area contributed by atoms with E-state index in [1.165, 1.54) is 4.90 Å². The number of carbonyl (C=O) groups excluding carboxylic acids is 3. The van der Waals surface area contributed by atoms with Crippen LogP contribution in [0, 0.1) is 29.6 Å². The van der Waals surface area contributed by atoms with Gasteiger partial charge in [-0.05, 0) is 44.4 Å². The topological polar surface area (TPSA) is 63.7 Å². The number of halogens is 2. The number of nitrogens with zero attached hydrogens (tertiary/aromatic N) is 1. The van der Waals surface area contributed by atoms with E-state index in [1.807, 2.05) is 13.8 Å². The maximum atomic E-state index is 13.1. The lowest BCUT2D eigenvalue weighted by Crippen LogP contribution is -2.48. The molecular formula is C18H25Br2NO4. The van der Waals surface area contributed by atoms with Crippen LogP contribution in [0.2, 0.25) is 0 Å². The molecule has 1 heterocycles. The van der Waals surface area contributed by atoms with Crippen LogP contribution in [0.15, 0.2) is 0 Å². The number of alkyl halides is 2. The Hall–Kier alpha value is -0.430. The fourth-order valence-electron chi connectivity index (χ4n) is 4.74. The minimum absolute atomic E-state index is 0.154. The second-order valence-electron chi connectivity index (χ2n) is 8.18. The second-order valence-corrected chi connectivity index (χ2v) is 10.3. The number of rotatable bonds is 5. The van der Waals surface area contributed by atoms with Crippen molar-refractivity contribution in [2.45, 2.75) is 62.3 Å². The van der Waals surface area contributed by atoms with Gasteiger partial charge >= 0.3 is 5.97 Å². The van der Waals surface area contributed by atoms with Crippen LogP contribution in [0.1, 0.15) is 40.5 Å². The molecule has 0 aromatic heterocycles. The van der Waals surface area contributed by atoms with Gasteiger partial charge in [0.25, 0.3) is 0 Å². The van der Waals surface area contributed by atoms with Crippen LogP contribution >= 0.6 is 31.9 Å². The highest BCUT2D eigenvalue weighted by Crippen LogP contribution is 2.60. The van der Waals surface area contributed by atoms with E-state index < -0.39 is 12.0 Å². The molecule has 2 saturated carbocycles. The van der Waals surface area contributed by atoms with E-state index in [0.29, 0.717) is 6.42 Å². The molecule has 7 atom stereocenters. The Morgan fingerprint density at radius 2 is 1.56 bits per heavy atom. The standard InChI is InChI=1S/C18H25Br2NO4/c1-7(2)5-11(18(24)25-8(3)4)21-16(22)12-9-6-10(13(12)17(21)23)15(20)14(9)19/h7-15H,5-6H2,1-4H3/t9-,10-,11-,12-,13-,14-,15+/m0/s1. The highest BCUT2D eigenvalue weighted by Gasteiger charge is 2.67. The van der Waals surface area contributed by atoms with Gasteiger partial charge in [0.2, 0.25) is 11.8 Å². The van der Waals surface area contributed by atoms with Crippen molar-refractivity contribution < 1.29 is 19.1 Å². The number of hydrogen-bond donors (Lipinski definition) is 0. The first-order valence-corrected chi connectivity index (χ1v) is 10.8. The SMILES string of the molecule is CC(C)C[C@@H](C(=O)OC(C)C)N1C(=O)[C@H]2[C@@H]3C[C@H]([C@@H](Br)[C@H]3Br)[C@@H]2C1=O. The van der Waals surface area contributed by atoms with Crippen molar-refractivity contribution in [3.05, 3.63) is 0 Å². The predicted molar refractivity (Wildman–Crippen MR) is 100 cm³/mol. The average molecular weight is 479 g/mol. The molecule has 3 rings (SSSR count). The summed E-state index contributed by atoms with van der Waals surface area (Å²) in [7, 11) is 0. The molecule has 1 aliphatic heterocycles. The van der Waals surface area contributed by atoms with Gasteiger partial charge in [-0.3, -0.25) is 14.5 Å². The molecule has 140 valence electrons. The molecule has 0 aromatic carbocycles. The predicted octanol–water partition coefficient (Wildman–Crippen LogP) is 3.13. The number of carbonyl (C=O) groups is 3. The van der Waals surface area contributed by atoms with Crippen molar-refractivity contribution in [2.75, 3.05) is 0 Å². The molecule has 25 heavy (non-hydrogen) atoms. The zero-order valence-electron chi connectivity index (χ0n) is 14.9. The van der Waals surface area contributed by atoms with Crippen LogP contribution in [0.4, 0.5) is 0 Å². The number of likely N-dealkylation sites (tertiary alicyclic amines) is 1. The second kappa shape index (κ2) is 6.95. The summed E-state index contributed by atoms with van der Waals surface area (Å²) in [4.78, 5) is 40.5. The molecule has 3 aliphatic rings. The third-order valence-corrected chi connectivity index (χ3v) is 8.86. The lowest BCUT2D eigenvalue weighted by molar-refractivity contribution is -0.162. The molecule has 2 amide bonds. The van der Waals surface area contributed by atoms with E-state index in [4.69, 9.17) is 4.74 Å². The van der Waals surface area contributed by atoms with Gasteiger partial charge in [0.15, 0.2) is 0 Å². The van der Waals surface area contributed by atoms with Crippen molar-refractivity contribution in [3.8, 4) is 0 Å². The number of fused-ring (bicyclic) bond motifs is 5. The number of ether oxygens (including phenoxy) is 1. The normalized spacial score (nSPS) is 38.0. The number of imide groups is 1. The number of hydrogen-bond acceptors (Lipinski definition) is 4. The summed E-state index contributed by atoms with van der Waals surface area (Å²) in [5, 5.41) is 0. The Bertz CT molecular complexity index is 562. The molecular weight excluding hydrogens is 454 g/mol. The molecule has 0 radical (unpaired) electrons. The molecule has 2 bridgehead atoms. The number of amides is 2. The quantitative estimate of drug-likeness (QED) is 0.346. The first kappa shape index (κ1) is 19.3. The molecule has 0 aromatic rings. The summed E-state index contributed by atoms with van der Waals surface area (Å²) >= 11 is 7.37. The monoisotopic (exact) mass is 477 g/mol. The minimum Gasteiger partial charge on any atom is -0.461 e. The van der Waals surface area contributed by atoms with Gasteiger partial charge in [0, 0.05) is 9.65 Å². The Labute approximate surface area is 165 Å². The number of esters is 1. The van der Waals surface area contributed by atoms with Crippen LogP contribution in [0.5, 0.6) is 0 Å². The highest BCUT2D eigenvalue weighted by atomic mass is 79.9. The van der Waals surface area contributed by atoms with E-state index in [-0.39, 0.29) is 57.2 Å². The maximum Gasteiger partial charge on any atom is 0.329 e. The summed E-state index contributed by atoms with van der Waals surface area (Å²) in [5.41, 5.74) is 0. The van der Waals surface area contributed by atoms with E-state index in [1.54, 1.807) is 13.8 Å². The van der Waals surface area contributed by atoms with Gasteiger partial charge in [-0.2, -0.15) is 0 Å². The van der Waals surface area contributed by atoms with Gasteiger partial charge in [-0.1, -0.05) is 45.7 Å². The van der Waals surface area contributed by atoms with E-state index >= 15 is 0 Å². The summed E-state index contributed by atoms with van der Waals surface area (Å²) in [5.74, 6) is -0.938. The zero-order chi connectivity index (χ0) is 18.6. The molecule has 0 spiro atoms. The lowest BCUT2D eigenvalue weighted by Gasteiger charge is -2.28. The molecule has 7 heteroatoms. The van der Waals surface area contributed by atoms with Crippen molar-refractivity contribution in [3.63, 3.8) is 0 Å². The summed E-state index contributed by atoms with van der Waals surface area (Å²) in [6, 6.07) is -0.810. The first-order chi connectivity index (χ1) is 11.6. The smallest absolute Gasteiger partial charge is 0.329 e. The Kier molecular flexibility index (Phi) is 5.37.